The second-order valence-electron chi connectivity index (χ2n) is 6.46. The van der Waals surface area contributed by atoms with E-state index in [-0.39, 0.29) is 11.8 Å². The highest BCUT2D eigenvalue weighted by molar-refractivity contribution is 7.22. The Bertz CT molecular complexity index is 1080. The number of anilines is 2. The molecule has 1 aromatic carbocycles. The summed E-state index contributed by atoms with van der Waals surface area (Å²) in [6, 6.07) is 11.6. The number of thiazole rings is 1. The van der Waals surface area contributed by atoms with E-state index < -0.39 is 0 Å². The molecule has 0 spiro atoms. The van der Waals surface area contributed by atoms with Crippen LogP contribution in [0, 0.1) is 5.92 Å². The van der Waals surface area contributed by atoms with Gasteiger partial charge in [-0.05, 0) is 47.5 Å². The molecule has 4 aromatic rings. The molecule has 1 saturated heterocycles. The Balaban J connectivity index is 1.23. The van der Waals surface area contributed by atoms with Crippen molar-refractivity contribution in [2.75, 3.05) is 23.3 Å². The van der Waals surface area contributed by atoms with E-state index in [9.17, 15) is 4.79 Å². The minimum absolute atomic E-state index is 0.0231. The van der Waals surface area contributed by atoms with Crippen LogP contribution in [-0.2, 0) is 4.79 Å². The van der Waals surface area contributed by atoms with Crippen LogP contribution in [-0.4, -0.2) is 49.2 Å². The van der Waals surface area contributed by atoms with E-state index in [2.05, 4.69) is 35.8 Å². The first kappa shape index (κ1) is 16.1. The molecule has 136 valence electrons. The van der Waals surface area contributed by atoms with E-state index in [1.54, 1.807) is 0 Å². The van der Waals surface area contributed by atoms with Crippen molar-refractivity contribution in [1.82, 2.24) is 30.2 Å². The number of benzene rings is 1. The highest BCUT2D eigenvalue weighted by Gasteiger charge is 2.26. The smallest absolute Gasteiger partial charge is 0.229 e. The minimum Gasteiger partial charge on any atom is -0.355 e. The van der Waals surface area contributed by atoms with Crippen molar-refractivity contribution in [3.05, 3.63) is 36.4 Å². The topological polar surface area (TPSA) is 101 Å². The molecule has 1 aliphatic rings. The van der Waals surface area contributed by atoms with Gasteiger partial charge in [0.15, 0.2) is 16.6 Å². The fraction of sp³-hybridized carbons (Fsp3) is 0.294. The Labute approximate surface area is 158 Å². The second-order valence-corrected chi connectivity index (χ2v) is 7.49. The van der Waals surface area contributed by atoms with Crippen LogP contribution in [0.4, 0.5) is 10.9 Å². The van der Waals surface area contributed by atoms with Gasteiger partial charge < -0.3 is 10.2 Å². The lowest BCUT2D eigenvalue weighted by Gasteiger charge is -2.31. The van der Waals surface area contributed by atoms with Crippen LogP contribution < -0.4 is 10.2 Å². The number of nitrogens with zero attached hydrogens (tertiary/aromatic N) is 7. The number of rotatable bonds is 3. The molecule has 0 saturated carbocycles. The van der Waals surface area contributed by atoms with Crippen LogP contribution in [0.2, 0.25) is 0 Å². The Morgan fingerprint density at radius 3 is 2.85 bits per heavy atom. The highest BCUT2D eigenvalue weighted by atomic mass is 32.1. The summed E-state index contributed by atoms with van der Waals surface area (Å²) in [5.74, 6) is 0.836. The van der Waals surface area contributed by atoms with Gasteiger partial charge in [0.05, 0.1) is 10.2 Å². The van der Waals surface area contributed by atoms with Crippen molar-refractivity contribution in [3.63, 3.8) is 0 Å². The van der Waals surface area contributed by atoms with Crippen LogP contribution in [0.15, 0.2) is 36.4 Å². The largest absolute Gasteiger partial charge is 0.355 e. The molecule has 10 heteroatoms. The first-order valence-corrected chi connectivity index (χ1v) is 9.55. The molecule has 27 heavy (non-hydrogen) atoms. The zero-order valence-electron chi connectivity index (χ0n) is 14.3. The van der Waals surface area contributed by atoms with Gasteiger partial charge in [-0.1, -0.05) is 23.5 Å². The van der Waals surface area contributed by atoms with Gasteiger partial charge in [0, 0.05) is 19.0 Å². The van der Waals surface area contributed by atoms with Gasteiger partial charge in [0.1, 0.15) is 0 Å². The molecule has 1 fully saturated rings. The number of nitrogens with one attached hydrogen (secondary N) is 1. The monoisotopic (exact) mass is 380 g/mol. The molecule has 5 rings (SSSR count). The zero-order valence-corrected chi connectivity index (χ0v) is 15.1. The van der Waals surface area contributed by atoms with Crippen molar-refractivity contribution in [3.8, 4) is 0 Å². The fourth-order valence-corrected chi connectivity index (χ4v) is 4.18. The summed E-state index contributed by atoms with van der Waals surface area (Å²) in [5.41, 5.74) is 1.53. The first-order chi connectivity index (χ1) is 13.3. The molecule has 0 radical (unpaired) electrons. The molecule has 1 aliphatic heterocycles. The number of fused-ring (bicyclic) bond motifs is 2. The molecule has 4 heterocycles. The molecule has 3 aromatic heterocycles. The minimum atomic E-state index is -0.0231. The van der Waals surface area contributed by atoms with E-state index in [1.807, 2.05) is 36.4 Å². The Morgan fingerprint density at radius 2 is 2.00 bits per heavy atom. The van der Waals surface area contributed by atoms with E-state index in [0.717, 1.165) is 42.0 Å². The molecular weight excluding hydrogens is 364 g/mol. The summed E-state index contributed by atoms with van der Waals surface area (Å²) in [4.78, 5) is 19.3. The average Bonchev–Trinajstić information content (AvgIpc) is 3.33. The van der Waals surface area contributed by atoms with Crippen molar-refractivity contribution >= 4 is 44.1 Å². The Hall–Kier alpha value is -3.14. The van der Waals surface area contributed by atoms with Crippen molar-refractivity contribution in [2.24, 2.45) is 5.92 Å². The lowest BCUT2D eigenvalue weighted by Crippen LogP contribution is -2.38. The molecule has 0 atom stereocenters. The summed E-state index contributed by atoms with van der Waals surface area (Å²) in [6.07, 6.45) is 1.54. The van der Waals surface area contributed by atoms with E-state index in [0.29, 0.717) is 10.8 Å². The van der Waals surface area contributed by atoms with Crippen LogP contribution in [0.5, 0.6) is 0 Å². The number of hydrogen-bond acceptors (Lipinski definition) is 8. The summed E-state index contributed by atoms with van der Waals surface area (Å²) < 4.78 is 2.49. The van der Waals surface area contributed by atoms with E-state index >= 15 is 0 Å². The summed E-state index contributed by atoms with van der Waals surface area (Å²) in [5, 5.41) is 19.4. The maximum Gasteiger partial charge on any atom is 0.229 e. The molecule has 0 unspecified atom stereocenters. The van der Waals surface area contributed by atoms with Gasteiger partial charge >= 0.3 is 0 Å². The van der Waals surface area contributed by atoms with Crippen LogP contribution in [0.3, 0.4) is 0 Å². The van der Waals surface area contributed by atoms with Gasteiger partial charge in [-0.2, -0.15) is 0 Å². The maximum atomic E-state index is 12.6. The third kappa shape index (κ3) is 3.08. The molecule has 9 nitrogen and oxygen atoms in total. The van der Waals surface area contributed by atoms with Crippen molar-refractivity contribution < 1.29 is 4.79 Å². The number of tetrazole rings is 1. The average molecular weight is 380 g/mol. The van der Waals surface area contributed by atoms with Crippen LogP contribution in [0.1, 0.15) is 12.8 Å². The predicted octanol–water partition coefficient (Wildman–Crippen LogP) is 1.98. The summed E-state index contributed by atoms with van der Waals surface area (Å²) in [6.45, 7) is 1.52. The first-order valence-electron chi connectivity index (χ1n) is 8.73. The Morgan fingerprint density at radius 1 is 1.15 bits per heavy atom. The van der Waals surface area contributed by atoms with E-state index in [4.69, 9.17) is 0 Å². The zero-order chi connectivity index (χ0) is 18.2. The molecular formula is C17H16N8OS. The highest BCUT2D eigenvalue weighted by Crippen LogP contribution is 2.27. The lowest BCUT2D eigenvalue weighted by atomic mass is 9.96. The normalized spacial score (nSPS) is 15.5. The quantitative estimate of drug-likeness (QED) is 0.580. The molecule has 1 amide bonds. The number of para-hydroxylation sites is 1. The second kappa shape index (κ2) is 6.54. The van der Waals surface area contributed by atoms with Crippen molar-refractivity contribution in [1.29, 1.82) is 0 Å². The number of piperidine rings is 1. The number of carbonyl (C=O) groups excluding carboxylic acids is 1. The lowest BCUT2D eigenvalue weighted by molar-refractivity contribution is -0.120. The third-order valence-corrected chi connectivity index (χ3v) is 5.72. The van der Waals surface area contributed by atoms with Crippen LogP contribution in [0.25, 0.3) is 15.9 Å². The van der Waals surface area contributed by atoms with Crippen molar-refractivity contribution in [2.45, 2.75) is 12.8 Å². The standard InChI is InChI=1S/C17H16N8OS/c26-16(19-17-18-12-3-1-2-4-13(12)27-17)11-7-9-24(10-8-11)15-6-5-14-20-22-23-25(14)21-15/h1-6,11H,7-10H2,(H,18,19,26). The third-order valence-electron chi connectivity index (χ3n) is 4.77. The van der Waals surface area contributed by atoms with Crippen LogP contribution >= 0.6 is 11.3 Å². The number of aromatic nitrogens is 6. The van der Waals surface area contributed by atoms with Gasteiger partial charge in [-0.25, -0.2) is 4.98 Å². The molecule has 1 N–H and O–H groups in total. The predicted molar refractivity (Wildman–Crippen MR) is 102 cm³/mol. The Kier molecular flexibility index (Phi) is 3.89. The summed E-state index contributed by atoms with van der Waals surface area (Å²) in [7, 11) is 0. The van der Waals surface area contributed by atoms with Gasteiger partial charge in [-0.3, -0.25) is 4.79 Å². The SMILES string of the molecule is O=C(Nc1nc2ccccc2s1)C1CCN(c2ccc3nnnn3n2)CC1. The molecule has 0 aliphatic carbocycles. The number of amides is 1. The van der Waals surface area contributed by atoms with Gasteiger partial charge in [0.2, 0.25) is 5.91 Å². The summed E-state index contributed by atoms with van der Waals surface area (Å²) >= 11 is 1.50. The number of carbonyl (C=O) groups is 1. The van der Waals surface area contributed by atoms with E-state index in [1.165, 1.54) is 16.0 Å². The van der Waals surface area contributed by atoms with Gasteiger partial charge in [0.25, 0.3) is 0 Å². The van der Waals surface area contributed by atoms with Gasteiger partial charge in [-0.15, -0.1) is 14.8 Å². The maximum absolute atomic E-state index is 12.6. The molecule has 0 bridgehead atoms. The number of hydrogen-bond donors (Lipinski definition) is 1. The fourth-order valence-electron chi connectivity index (χ4n) is 3.31.